The van der Waals surface area contributed by atoms with Gasteiger partial charge in [0.25, 0.3) is 0 Å². The fourth-order valence-corrected chi connectivity index (χ4v) is 1.97. The summed E-state index contributed by atoms with van der Waals surface area (Å²) >= 11 is 0. The molecule has 0 saturated heterocycles. The number of Topliss-reactive ketones (excluding diaryl/α,β-unsaturated/α-hetero) is 1. The minimum absolute atomic E-state index is 0.0737. The number of nitrogens with one attached hydrogen (secondary N) is 1. The Kier molecular flexibility index (Phi) is 2.66. The van der Waals surface area contributed by atoms with Crippen LogP contribution in [0.3, 0.4) is 0 Å². The molecule has 0 amide bonds. The van der Waals surface area contributed by atoms with E-state index in [9.17, 15) is 4.79 Å². The van der Waals surface area contributed by atoms with E-state index in [-0.39, 0.29) is 5.78 Å². The number of fused-ring (bicyclic) bond motifs is 1. The standard InChI is InChI=1S/C12H15N3O/c1-2-10(16)12-9(6-13)15-8-5-3-4-7(14)11(8)12/h3-5,15H,2,6,13-14H2,1H3. The Morgan fingerprint density at radius 3 is 2.81 bits per heavy atom. The SMILES string of the molecule is CCC(=O)c1c(CN)[nH]c2cccc(N)c12. The number of carbonyl (C=O) groups excluding carboxylic acids is 1. The molecule has 2 aromatic rings. The van der Waals surface area contributed by atoms with Crippen molar-refractivity contribution in [1.29, 1.82) is 0 Å². The van der Waals surface area contributed by atoms with Crippen LogP contribution in [0, 0.1) is 0 Å². The molecule has 0 aliphatic carbocycles. The summed E-state index contributed by atoms with van der Waals surface area (Å²) in [7, 11) is 0. The van der Waals surface area contributed by atoms with E-state index in [0.717, 1.165) is 16.6 Å². The molecule has 0 saturated carbocycles. The summed E-state index contributed by atoms with van der Waals surface area (Å²) in [6.07, 6.45) is 0.453. The van der Waals surface area contributed by atoms with Gasteiger partial charge in [0.1, 0.15) is 0 Å². The predicted molar refractivity (Wildman–Crippen MR) is 65.2 cm³/mol. The average molecular weight is 217 g/mol. The van der Waals surface area contributed by atoms with E-state index >= 15 is 0 Å². The van der Waals surface area contributed by atoms with Gasteiger partial charge in [0.2, 0.25) is 0 Å². The molecule has 5 N–H and O–H groups in total. The summed E-state index contributed by atoms with van der Waals surface area (Å²) in [6.45, 7) is 2.15. The van der Waals surface area contributed by atoms with E-state index in [1.54, 1.807) is 6.07 Å². The van der Waals surface area contributed by atoms with E-state index in [1.807, 2.05) is 19.1 Å². The van der Waals surface area contributed by atoms with Crippen LogP contribution in [0.5, 0.6) is 0 Å². The van der Waals surface area contributed by atoms with E-state index in [1.165, 1.54) is 0 Å². The van der Waals surface area contributed by atoms with Gasteiger partial charge in [-0.3, -0.25) is 4.79 Å². The maximum atomic E-state index is 11.9. The van der Waals surface area contributed by atoms with Crippen LogP contribution in [0.1, 0.15) is 29.4 Å². The first kappa shape index (κ1) is 10.7. The molecular weight excluding hydrogens is 202 g/mol. The van der Waals surface area contributed by atoms with Crippen molar-refractivity contribution >= 4 is 22.4 Å². The number of nitrogen functional groups attached to an aromatic ring is 1. The highest BCUT2D eigenvalue weighted by molar-refractivity contribution is 6.12. The number of aromatic amines is 1. The molecule has 4 heteroatoms. The lowest BCUT2D eigenvalue weighted by atomic mass is 10.0. The quantitative estimate of drug-likeness (QED) is 0.541. The number of H-pyrrole nitrogens is 1. The fraction of sp³-hybridized carbons (Fsp3) is 0.250. The monoisotopic (exact) mass is 217 g/mol. The van der Waals surface area contributed by atoms with E-state index in [2.05, 4.69) is 4.98 Å². The molecule has 1 aromatic heterocycles. The first-order valence-electron chi connectivity index (χ1n) is 5.31. The predicted octanol–water partition coefficient (Wildman–Crippen LogP) is 1.80. The second-order valence-corrected chi connectivity index (χ2v) is 3.73. The van der Waals surface area contributed by atoms with Gasteiger partial charge in [-0.25, -0.2) is 0 Å². The number of aromatic nitrogens is 1. The Bertz CT molecular complexity index is 542. The van der Waals surface area contributed by atoms with Gasteiger partial charge < -0.3 is 16.5 Å². The largest absolute Gasteiger partial charge is 0.398 e. The fourth-order valence-electron chi connectivity index (χ4n) is 1.97. The van der Waals surface area contributed by atoms with Crippen molar-refractivity contribution in [2.75, 3.05) is 5.73 Å². The van der Waals surface area contributed by atoms with Crippen LogP contribution in [0.15, 0.2) is 18.2 Å². The average Bonchev–Trinajstić information content (AvgIpc) is 2.68. The zero-order valence-electron chi connectivity index (χ0n) is 9.21. The number of hydrogen-bond acceptors (Lipinski definition) is 3. The molecule has 16 heavy (non-hydrogen) atoms. The second kappa shape index (κ2) is 3.98. The van der Waals surface area contributed by atoms with Crippen LogP contribution >= 0.6 is 0 Å². The normalized spacial score (nSPS) is 10.9. The topological polar surface area (TPSA) is 84.9 Å². The molecule has 1 heterocycles. The Hall–Kier alpha value is -1.81. The number of rotatable bonds is 3. The molecular formula is C12H15N3O. The van der Waals surface area contributed by atoms with Crippen molar-refractivity contribution in [3.63, 3.8) is 0 Å². The third-order valence-electron chi connectivity index (χ3n) is 2.74. The smallest absolute Gasteiger partial charge is 0.165 e. The molecule has 0 fully saturated rings. The minimum atomic E-state index is 0.0737. The molecule has 0 bridgehead atoms. The number of hydrogen-bond donors (Lipinski definition) is 3. The highest BCUT2D eigenvalue weighted by Gasteiger charge is 2.17. The molecule has 2 rings (SSSR count). The van der Waals surface area contributed by atoms with Gasteiger partial charge in [-0.2, -0.15) is 0 Å². The zero-order chi connectivity index (χ0) is 11.7. The maximum absolute atomic E-state index is 11.9. The Labute approximate surface area is 93.6 Å². The van der Waals surface area contributed by atoms with Gasteiger partial charge in [-0.1, -0.05) is 13.0 Å². The summed E-state index contributed by atoms with van der Waals surface area (Å²) in [4.78, 5) is 15.0. The van der Waals surface area contributed by atoms with Crippen LogP contribution in [0.2, 0.25) is 0 Å². The van der Waals surface area contributed by atoms with Crippen LogP contribution in [0.25, 0.3) is 10.9 Å². The van der Waals surface area contributed by atoms with Crippen molar-refractivity contribution in [2.24, 2.45) is 5.73 Å². The maximum Gasteiger partial charge on any atom is 0.165 e. The summed E-state index contributed by atoms with van der Waals surface area (Å²) in [5.74, 6) is 0.0737. The van der Waals surface area contributed by atoms with Gasteiger partial charge in [0, 0.05) is 40.8 Å². The zero-order valence-corrected chi connectivity index (χ0v) is 9.21. The molecule has 0 spiro atoms. The van der Waals surface area contributed by atoms with Gasteiger partial charge in [-0.05, 0) is 12.1 Å². The van der Waals surface area contributed by atoms with Crippen molar-refractivity contribution in [1.82, 2.24) is 4.98 Å². The van der Waals surface area contributed by atoms with Crippen molar-refractivity contribution in [3.8, 4) is 0 Å². The number of benzene rings is 1. The molecule has 4 nitrogen and oxygen atoms in total. The molecule has 0 radical (unpaired) electrons. The first-order chi connectivity index (χ1) is 7.69. The lowest BCUT2D eigenvalue weighted by Gasteiger charge is -2.01. The molecule has 0 atom stereocenters. The third kappa shape index (κ3) is 1.47. The van der Waals surface area contributed by atoms with Crippen LogP contribution in [0.4, 0.5) is 5.69 Å². The van der Waals surface area contributed by atoms with Gasteiger partial charge in [0.05, 0.1) is 0 Å². The van der Waals surface area contributed by atoms with E-state index in [4.69, 9.17) is 11.5 Å². The van der Waals surface area contributed by atoms with Gasteiger partial charge >= 0.3 is 0 Å². The van der Waals surface area contributed by atoms with E-state index in [0.29, 0.717) is 24.2 Å². The molecule has 0 unspecified atom stereocenters. The molecule has 1 aromatic carbocycles. The van der Waals surface area contributed by atoms with Crippen LogP contribution < -0.4 is 11.5 Å². The number of nitrogens with two attached hydrogens (primary N) is 2. The van der Waals surface area contributed by atoms with Crippen LogP contribution in [-0.4, -0.2) is 10.8 Å². The number of anilines is 1. The van der Waals surface area contributed by atoms with Gasteiger partial charge in [0.15, 0.2) is 5.78 Å². The van der Waals surface area contributed by atoms with Crippen molar-refractivity contribution in [3.05, 3.63) is 29.5 Å². The highest BCUT2D eigenvalue weighted by atomic mass is 16.1. The van der Waals surface area contributed by atoms with Crippen LogP contribution in [-0.2, 0) is 6.54 Å². The Morgan fingerprint density at radius 2 is 2.19 bits per heavy atom. The molecule has 0 aliphatic rings. The van der Waals surface area contributed by atoms with Crippen molar-refractivity contribution < 1.29 is 4.79 Å². The summed E-state index contributed by atoms with van der Waals surface area (Å²) in [5, 5.41) is 0.801. The first-order valence-corrected chi connectivity index (χ1v) is 5.31. The summed E-state index contributed by atoms with van der Waals surface area (Å²) < 4.78 is 0. The summed E-state index contributed by atoms with van der Waals surface area (Å²) in [5.41, 5.74) is 14.4. The van der Waals surface area contributed by atoms with E-state index < -0.39 is 0 Å². The third-order valence-corrected chi connectivity index (χ3v) is 2.74. The lowest BCUT2D eigenvalue weighted by Crippen LogP contribution is -2.05. The highest BCUT2D eigenvalue weighted by Crippen LogP contribution is 2.28. The lowest BCUT2D eigenvalue weighted by molar-refractivity contribution is 0.0989. The van der Waals surface area contributed by atoms with Gasteiger partial charge in [-0.15, -0.1) is 0 Å². The number of ketones is 1. The second-order valence-electron chi connectivity index (χ2n) is 3.73. The number of carbonyl (C=O) groups is 1. The Balaban J connectivity index is 2.81. The minimum Gasteiger partial charge on any atom is -0.398 e. The molecule has 0 aliphatic heterocycles. The molecule has 84 valence electrons. The summed E-state index contributed by atoms with van der Waals surface area (Å²) in [6, 6.07) is 5.55. The van der Waals surface area contributed by atoms with Crippen molar-refractivity contribution in [2.45, 2.75) is 19.9 Å². The Morgan fingerprint density at radius 1 is 1.44 bits per heavy atom.